The Labute approximate surface area is 102 Å². The van der Waals surface area contributed by atoms with E-state index in [4.69, 9.17) is 0 Å². The first-order valence-corrected chi connectivity index (χ1v) is 6.04. The van der Waals surface area contributed by atoms with Crippen molar-refractivity contribution in [3.8, 4) is 0 Å². The normalized spacial score (nSPS) is 15.1. The Kier molecular flexibility index (Phi) is 3.31. The van der Waals surface area contributed by atoms with Gasteiger partial charge in [0.25, 0.3) is 5.91 Å². The number of aromatic nitrogens is 1. The van der Waals surface area contributed by atoms with Crippen LogP contribution in [0.15, 0.2) is 12.1 Å². The average molecular weight is 233 g/mol. The van der Waals surface area contributed by atoms with Crippen LogP contribution in [0.1, 0.15) is 28.9 Å². The van der Waals surface area contributed by atoms with Crippen molar-refractivity contribution in [1.29, 1.82) is 0 Å². The lowest BCUT2D eigenvalue weighted by Crippen LogP contribution is -2.29. The summed E-state index contributed by atoms with van der Waals surface area (Å²) in [6.07, 6.45) is 2.23. The van der Waals surface area contributed by atoms with Crippen molar-refractivity contribution in [3.05, 3.63) is 23.4 Å². The minimum atomic E-state index is 0.110. The van der Waals surface area contributed by atoms with Gasteiger partial charge in [0.1, 0.15) is 5.82 Å². The van der Waals surface area contributed by atoms with Crippen LogP contribution < -0.4 is 4.90 Å². The van der Waals surface area contributed by atoms with Gasteiger partial charge >= 0.3 is 0 Å². The van der Waals surface area contributed by atoms with E-state index in [0.29, 0.717) is 5.56 Å². The smallest absolute Gasteiger partial charge is 0.257 e. The highest BCUT2D eigenvalue weighted by molar-refractivity contribution is 5.99. The number of likely N-dealkylation sites (tertiary alicyclic amines) is 1. The summed E-state index contributed by atoms with van der Waals surface area (Å²) >= 11 is 0. The molecule has 0 radical (unpaired) electrons. The Balaban J connectivity index is 2.33. The fourth-order valence-electron chi connectivity index (χ4n) is 2.14. The van der Waals surface area contributed by atoms with Crippen molar-refractivity contribution in [1.82, 2.24) is 9.88 Å². The molecule has 0 aromatic carbocycles. The van der Waals surface area contributed by atoms with Gasteiger partial charge in [0.2, 0.25) is 0 Å². The van der Waals surface area contributed by atoms with Gasteiger partial charge in [-0.3, -0.25) is 4.79 Å². The van der Waals surface area contributed by atoms with Crippen LogP contribution in [0.2, 0.25) is 0 Å². The van der Waals surface area contributed by atoms with E-state index in [1.165, 1.54) is 0 Å². The summed E-state index contributed by atoms with van der Waals surface area (Å²) in [5, 5.41) is 0. The number of nitrogens with zero attached hydrogens (tertiary/aromatic N) is 3. The molecule has 4 heteroatoms. The molecule has 4 nitrogen and oxygen atoms in total. The summed E-state index contributed by atoms with van der Waals surface area (Å²) in [7, 11) is 3.84. The lowest BCUT2D eigenvalue weighted by molar-refractivity contribution is 0.0793. The zero-order valence-electron chi connectivity index (χ0n) is 10.7. The molecule has 1 amide bonds. The molecule has 92 valence electrons. The maximum atomic E-state index is 12.3. The molecule has 0 atom stereocenters. The van der Waals surface area contributed by atoms with Crippen molar-refractivity contribution in [2.24, 2.45) is 0 Å². The van der Waals surface area contributed by atoms with Crippen molar-refractivity contribution >= 4 is 11.7 Å². The van der Waals surface area contributed by atoms with Crippen LogP contribution in [-0.2, 0) is 0 Å². The maximum absolute atomic E-state index is 12.3. The van der Waals surface area contributed by atoms with Gasteiger partial charge in [-0.1, -0.05) is 0 Å². The molecule has 1 saturated heterocycles. The highest BCUT2D eigenvalue weighted by Gasteiger charge is 2.23. The number of carbonyl (C=O) groups excluding carboxylic acids is 1. The third-order valence-electron chi connectivity index (χ3n) is 3.06. The molecule has 17 heavy (non-hydrogen) atoms. The highest BCUT2D eigenvalue weighted by atomic mass is 16.2. The average Bonchev–Trinajstić information content (AvgIpc) is 2.81. The molecule has 1 fully saturated rings. The molecule has 0 spiro atoms. The molecule has 1 aromatic heterocycles. The zero-order chi connectivity index (χ0) is 12.4. The number of rotatable bonds is 2. The minimum Gasteiger partial charge on any atom is -0.362 e. The van der Waals surface area contributed by atoms with Gasteiger partial charge in [-0.15, -0.1) is 0 Å². The van der Waals surface area contributed by atoms with Crippen molar-refractivity contribution in [2.45, 2.75) is 19.8 Å². The lowest BCUT2D eigenvalue weighted by Gasteiger charge is -2.20. The number of hydrogen-bond donors (Lipinski definition) is 0. The molecule has 1 aromatic rings. The SMILES string of the molecule is Cc1ccc(C(=O)N2CCCC2)c(N(C)C)n1. The standard InChI is InChI=1S/C13H19N3O/c1-10-6-7-11(12(14-10)15(2)3)13(17)16-8-4-5-9-16/h6-7H,4-5,8-9H2,1-3H3. The summed E-state index contributed by atoms with van der Waals surface area (Å²) < 4.78 is 0. The fourth-order valence-corrected chi connectivity index (χ4v) is 2.14. The Bertz CT molecular complexity index is 423. The molecular weight excluding hydrogens is 214 g/mol. The van der Waals surface area contributed by atoms with Crippen LogP contribution in [0.4, 0.5) is 5.82 Å². The third-order valence-corrected chi connectivity index (χ3v) is 3.06. The van der Waals surface area contributed by atoms with E-state index < -0.39 is 0 Å². The van der Waals surface area contributed by atoms with Gasteiger partial charge in [-0.05, 0) is 31.9 Å². The van der Waals surface area contributed by atoms with E-state index in [0.717, 1.165) is 37.4 Å². The number of pyridine rings is 1. The Morgan fingerprint density at radius 2 is 1.94 bits per heavy atom. The van der Waals surface area contributed by atoms with E-state index in [1.54, 1.807) is 0 Å². The van der Waals surface area contributed by atoms with E-state index in [1.807, 2.05) is 43.0 Å². The topological polar surface area (TPSA) is 36.4 Å². The summed E-state index contributed by atoms with van der Waals surface area (Å²) in [5.74, 6) is 0.876. The van der Waals surface area contributed by atoms with Crippen molar-refractivity contribution in [2.75, 3.05) is 32.1 Å². The van der Waals surface area contributed by atoms with Crippen molar-refractivity contribution in [3.63, 3.8) is 0 Å². The lowest BCUT2D eigenvalue weighted by atomic mass is 10.2. The van der Waals surface area contributed by atoms with Crippen LogP contribution in [0.25, 0.3) is 0 Å². The Hall–Kier alpha value is -1.58. The number of carbonyl (C=O) groups is 1. The molecule has 1 aliphatic rings. The first-order chi connectivity index (χ1) is 8.09. The second-order valence-corrected chi connectivity index (χ2v) is 4.72. The molecular formula is C13H19N3O. The Morgan fingerprint density at radius 1 is 1.29 bits per heavy atom. The zero-order valence-corrected chi connectivity index (χ0v) is 10.7. The molecule has 0 unspecified atom stereocenters. The van der Waals surface area contributed by atoms with E-state index in [-0.39, 0.29) is 5.91 Å². The van der Waals surface area contributed by atoms with Crippen LogP contribution in [0.3, 0.4) is 0 Å². The second kappa shape index (κ2) is 4.73. The molecule has 0 N–H and O–H groups in total. The minimum absolute atomic E-state index is 0.110. The predicted molar refractivity (Wildman–Crippen MR) is 68.4 cm³/mol. The van der Waals surface area contributed by atoms with Gasteiger partial charge in [0, 0.05) is 32.9 Å². The van der Waals surface area contributed by atoms with Gasteiger partial charge in [0.15, 0.2) is 0 Å². The summed E-state index contributed by atoms with van der Waals surface area (Å²) in [6.45, 7) is 3.69. The highest BCUT2D eigenvalue weighted by Crippen LogP contribution is 2.20. The number of anilines is 1. The molecule has 2 heterocycles. The summed E-state index contributed by atoms with van der Waals surface area (Å²) in [5.41, 5.74) is 1.65. The number of hydrogen-bond acceptors (Lipinski definition) is 3. The number of amides is 1. The van der Waals surface area contributed by atoms with Crippen LogP contribution in [0.5, 0.6) is 0 Å². The summed E-state index contributed by atoms with van der Waals surface area (Å²) in [4.78, 5) is 20.6. The van der Waals surface area contributed by atoms with Gasteiger partial charge in [0.05, 0.1) is 5.56 Å². The molecule has 1 aliphatic heterocycles. The first kappa shape index (κ1) is 11.9. The van der Waals surface area contributed by atoms with Crippen LogP contribution >= 0.6 is 0 Å². The predicted octanol–water partition coefficient (Wildman–Crippen LogP) is 1.69. The Morgan fingerprint density at radius 3 is 2.53 bits per heavy atom. The van der Waals surface area contributed by atoms with Gasteiger partial charge in [-0.25, -0.2) is 4.98 Å². The van der Waals surface area contributed by atoms with Crippen molar-refractivity contribution < 1.29 is 4.79 Å². The van der Waals surface area contributed by atoms with E-state index >= 15 is 0 Å². The van der Waals surface area contributed by atoms with Gasteiger partial charge in [-0.2, -0.15) is 0 Å². The van der Waals surface area contributed by atoms with E-state index in [2.05, 4.69) is 4.98 Å². The van der Waals surface area contributed by atoms with Crippen LogP contribution in [0, 0.1) is 6.92 Å². The molecule has 0 saturated carbocycles. The molecule has 0 aliphatic carbocycles. The fraction of sp³-hybridized carbons (Fsp3) is 0.538. The number of aryl methyl sites for hydroxylation is 1. The summed E-state index contributed by atoms with van der Waals surface area (Å²) in [6, 6.07) is 3.79. The van der Waals surface area contributed by atoms with E-state index in [9.17, 15) is 4.79 Å². The van der Waals surface area contributed by atoms with Gasteiger partial charge < -0.3 is 9.80 Å². The first-order valence-electron chi connectivity index (χ1n) is 6.04. The quantitative estimate of drug-likeness (QED) is 0.780. The largest absolute Gasteiger partial charge is 0.362 e. The molecule has 2 rings (SSSR count). The monoisotopic (exact) mass is 233 g/mol. The van der Waals surface area contributed by atoms with Crippen LogP contribution in [-0.4, -0.2) is 43.0 Å². The molecule has 0 bridgehead atoms. The third kappa shape index (κ3) is 2.40. The second-order valence-electron chi connectivity index (χ2n) is 4.72. The maximum Gasteiger partial charge on any atom is 0.257 e.